The first kappa shape index (κ1) is 26.6. The Kier molecular flexibility index (Phi) is 6.98. The lowest BCUT2D eigenvalue weighted by Gasteiger charge is -2.35. The second-order valence-corrected chi connectivity index (χ2v) is 13.2. The Labute approximate surface area is 213 Å². The second kappa shape index (κ2) is 9.45. The van der Waals surface area contributed by atoms with Gasteiger partial charge >= 0.3 is 0 Å². The van der Waals surface area contributed by atoms with Gasteiger partial charge in [-0.2, -0.15) is 0 Å². The van der Waals surface area contributed by atoms with E-state index in [4.69, 9.17) is 0 Å². The Bertz CT molecular complexity index is 1240. The molecular formula is C27H37N3O5S. The molecule has 4 N–H and O–H groups in total. The van der Waals surface area contributed by atoms with E-state index in [9.17, 15) is 23.4 Å². The van der Waals surface area contributed by atoms with Crippen LogP contribution in [-0.4, -0.2) is 49.8 Å². The van der Waals surface area contributed by atoms with Crippen LogP contribution in [0.3, 0.4) is 0 Å². The fourth-order valence-corrected chi connectivity index (χ4v) is 6.18. The number of carbonyl (C=O) groups excluding carboxylic acids is 1. The first-order valence-corrected chi connectivity index (χ1v) is 13.9. The summed E-state index contributed by atoms with van der Waals surface area (Å²) in [6, 6.07) is 11.3. The van der Waals surface area contributed by atoms with Crippen LogP contribution in [0.25, 0.3) is 0 Å². The third-order valence-corrected chi connectivity index (χ3v) is 8.89. The first-order valence-electron chi connectivity index (χ1n) is 12.4. The highest BCUT2D eigenvalue weighted by molar-refractivity contribution is 7.89. The van der Waals surface area contributed by atoms with E-state index in [1.54, 1.807) is 58.0 Å². The minimum absolute atomic E-state index is 0.0653. The predicted molar refractivity (Wildman–Crippen MR) is 141 cm³/mol. The summed E-state index contributed by atoms with van der Waals surface area (Å²) < 4.78 is 28.1. The molecular weight excluding hydrogens is 478 g/mol. The molecule has 1 saturated heterocycles. The molecule has 1 aliphatic carbocycles. The molecule has 0 bridgehead atoms. The summed E-state index contributed by atoms with van der Waals surface area (Å²) in [6.07, 6.45) is 4.65. The number of nitrogens with one attached hydrogen (secondary N) is 2. The van der Waals surface area contributed by atoms with Crippen molar-refractivity contribution in [3.8, 4) is 0 Å². The molecule has 9 heteroatoms. The van der Waals surface area contributed by atoms with Crippen LogP contribution in [0.15, 0.2) is 47.4 Å². The number of sulfonamides is 1. The van der Waals surface area contributed by atoms with Gasteiger partial charge in [0.2, 0.25) is 10.0 Å². The van der Waals surface area contributed by atoms with Gasteiger partial charge in [-0.05, 0) is 94.7 Å². The van der Waals surface area contributed by atoms with Gasteiger partial charge in [0, 0.05) is 30.0 Å². The molecule has 8 nitrogen and oxygen atoms in total. The normalized spacial score (nSPS) is 19.1. The smallest absolute Gasteiger partial charge is 0.257 e. The molecule has 2 aromatic carbocycles. The predicted octanol–water partition coefficient (Wildman–Crippen LogP) is 3.60. The highest BCUT2D eigenvalue weighted by Crippen LogP contribution is 2.54. The second-order valence-electron chi connectivity index (χ2n) is 11.5. The topological polar surface area (TPSA) is 119 Å². The van der Waals surface area contributed by atoms with Crippen LogP contribution < -0.4 is 14.9 Å². The van der Waals surface area contributed by atoms with Gasteiger partial charge < -0.3 is 20.4 Å². The van der Waals surface area contributed by atoms with Gasteiger partial charge in [-0.1, -0.05) is 12.1 Å². The fraction of sp³-hybridized carbons (Fsp3) is 0.519. The Morgan fingerprint density at radius 2 is 1.69 bits per heavy atom. The van der Waals surface area contributed by atoms with Gasteiger partial charge in [0.15, 0.2) is 0 Å². The van der Waals surface area contributed by atoms with E-state index < -0.39 is 27.8 Å². The van der Waals surface area contributed by atoms with E-state index in [2.05, 4.69) is 14.9 Å². The van der Waals surface area contributed by atoms with Gasteiger partial charge in [0.1, 0.15) is 5.60 Å². The minimum atomic E-state index is -3.76. The molecule has 2 aliphatic rings. The van der Waals surface area contributed by atoms with Crippen LogP contribution in [0.5, 0.6) is 0 Å². The summed E-state index contributed by atoms with van der Waals surface area (Å²) in [7, 11) is -3.76. The van der Waals surface area contributed by atoms with Crippen molar-refractivity contribution in [3.05, 3.63) is 53.6 Å². The SMILES string of the molecule is CC(C)(C)NS(=O)(=O)c1cccc(NC(=O)c2ccc(C(C)(O)CO)cc2N2CCC3(CC2)CC3)c1. The molecule has 4 rings (SSSR count). The number of hydrogen-bond donors (Lipinski definition) is 4. The third-order valence-electron chi connectivity index (χ3n) is 7.14. The number of aliphatic hydroxyl groups is 2. The maximum absolute atomic E-state index is 13.4. The van der Waals surface area contributed by atoms with E-state index >= 15 is 0 Å². The summed E-state index contributed by atoms with van der Waals surface area (Å²) in [5.41, 5.74) is 0.417. The van der Waals surface area contributed by atoms with Crippen molar-refractivity contribution in [3.63, 3.8) is 0 Å². The largest absolute Gasteiger partial charge is 0.393 e. The summed E-state index contributed by atoms with van der Waals surface area (Å²) in [4.78, 5) is 15.7. The average molecular weight is 516 g/mol. The zero-order chi connectivity index (χ0) is 26.4. The van der Waals surface area contributed by atoms with E-state index in [-0.39, 0.29) is 10.8 Å². The van der Waals surface area contributed by atoms with Crippen molar-refractivity contribution in [2.24, 2.45) is 5.41 Å². The Morgan fingerprint density at radius 1 is 1.03 bits per heavy atom. The van der Waals surface area contributed by atoms with Crippen LogP contribution in [0.1, 0.15) is 69.3 Å². The zero-order valence-electron chi connectivity index (χ0n) is 21.5. The van der Waals surface area contributed by atoms with E-state index in [1.807, 2.05) is 0 Å². The van der Waals surface area contributed by atoms with Crippen LogP contribution in [-0.2, 0) is 15.6 Å². The lowest BCUT2D eigenvalue weighted by atomic mass is 9.91. The molecule has 1 saturated carbocycles. The Balaban J connectivity index is 1.62. The quantitative estimate of drug-likeness (QED) is 0.447. The molecule has 1 unspecified atom stereocenters. The molecule has 1 atom stereocenters. The van der Waals surface area contributed by atoms with Crippen LogP contribution in [0.2, 0.25) is 0 Å². The molecule has 1 heterocycles. The number of amides is 1. The molecule has 196 valence electrons. The van der Waals surface area contributed by atoms with Crippen LogP contribution in [0.4, 0.5) is 11.4 Å². The number of nitrogens with zero attached hydrogens (tertiary/aromatic N) is 1. The summed E-state index contributed by atoms with van der Waals surface area (Å²) >= 11 is 0. The number of aliphatic hydroxyl groups excluding tert-OH is 1. The third kappa shape index (κ3) is 5.91. The number of piperidine rings is 1. The monoisotopic (exact) mass is 515 g/mol. The van der Waals surface area contributed by atoms with Gasteiger partial charge in [-0.25, -0.2) is 13.1 Å². The molecule has 0 aromatic heterocycles. The molecule has 0 radical (unpaired) electrons. The van der Waals surface area contributed by atoms with Crippen LogP contribution >= 0.6 is 0 Å². The first-order chi connectivity index (χ1) is 16.7. The number of anilines is 2. The van der Waals surface area contributed by atoms with E-state index in [0.717, 1.165) is 25.9 Å². The molecule has 2 fully saturated rings. The summed E-state index contributed by atoms with van der Waals surface area (Å²) in [6.45, 7) is 8.03. The van der Waals surface area contributed by atoms with E-state index in [0.29, 0.717) is 27.9 Å². The number of carbonyl (C=O) groups is 1. The van der Waals surface area contributed by atoms with Gasteiger partial charge in [-0.15, -0.1) is 0 Å². The van der Waals surface area contributed by atoms with Crippen molar-refractivity contribution in [2.45, 2.75) is 69.4 Å². The van der Waals surface area contributed by atoms with Crippen molar-refractivity contribution in [1.29, 1.82) is 0 Å². The maximum atomic E-state index is 13.4. The molecule has 36 heavy (non-hydrogen) atoms. The van der Waals surface area contributed by atoms with Crippen molar-refractivity contribution in [2.75, 3.05) is 29.9 Å². The zero-order valence-corrected chi connectivity index (χ0v) is 22.3. The van der Waals surface area contributed by atoms with E-state index in [1.165, 1.54) is 25.0 Å². The standard InChI is InChI=1S/C27H37N3O5S/c1-25(2,3)29-36(34,35)21-7-5-6-20(17-21)28-24(32)22-9-8-19(26(4,33)18-31)16-23(22)30-14-12-27(10-11-27)13-15-30/h5-9,16-17,29,31,33H,10-15,18H2,1-4H3,(H,28,32). The fourth-order valence-electron chi connectivity index (χ4n) is 4.71. The summed E-state index contributed by atoms with van der Waals surface area (Å²) in [5.74, 6) is -0.370. The number of hydrogen-bond acceptors (Lipinski definition) is 6. The highest BCUT2D eigenvalue weighted by atomic mass is 32.2. The lowest BCUT2D eigenvalue weighted by molar-refractivity contribution is -0.00227. The van der Waals surface area contributed by atoms with Crippen LogP contribution in [0, 0.1) is 5.41 Å². The van der Waals surface area contributed by atoms with Gasteiger partial charge in [0.05, 0.1) is 17.1 Å². The average Bonchev–Trinajstić information content (AvgIpc) is 3.56. The Morgan fingerprint density at radius 3 is 2.28 bits per heavy atom. The molecule has 1 spiro atoms. The van der Waals surface area contributed by atoms with Gasteiger partial charge in [-0.3, -0.25) is 4.79 Å². The van der Waals surface area contributed by atoms with Crippen molar-refractivity contribution in [1.82, 2.24) is 4.72 Å². The lowest BCUT2D eigenvalue weighted by Crippen LogP contribution is -2.40. The van der Waals surface area contributed by atoms with Gasteiger partial charge in [0.25, 0.3) is 5.91 Å². The summed E-state index contributed by atoms with van der Waals surface area (Å²) in [5, 5.41) is 23.1. The molecule has 2 aromatic rings. The van der Waals surface area contributed by atoms with Crippen molar-refractivity contribution < 1.29 is 23.4 Å². The van der Waals surface area contributed by atoms with Crippen molar-refractivity contribution >= 4 is 27.3 Å². The molecule has 1 aliphatic heterocycles. The minimum Gasteiger partial charge on any atom is -0.393 e. The molecule has 1 amide bonds. The number of rotatable bonds is 7. The Hall–Kier alpha value is -2.46. The maximum Gasteiger partial charge on any atom is 0.257 e. The highest BCUT2D eigenvalue weighted by Gasteiger charge is 2.44. The number of benzene rings is 2.